The summed E-state index contributed by atoms with van der Waals surface area (Å²) in [4.78, 5) is 11.1. The number of benzene rings is 1. The molecule has 0 amide bonds. The van der Waals surface area contributed by atoms with Gasteiger partial charge in [0.05, 0.1) is 7.11 Å². The van der Waals surface area contributed by atoms with Crippen molar-refractivity contribution in [2.75, 3.05) is 7.11 Å². The second-order valence-corrected chi connectivity index (χ2v) is 4.76. The molecule has 0 unspecified atom stereocenters. The maximum Gasteiger partial charge on any atom is 0.155 e. The Morgan fingerprint density at radius 1 is 1.38 bits per heavy atom. The summed E-state index contributed by atoms with van der Waals surface area (Å²) in [5.74, 6) is 1.09. The van der Waals surface area contributed by atoms with Crippen molar-refractivity contribution >= 4 is 21.7 Å². The fourth-order valence-electron chi connectivity index (χ4n) is 1.85. The van der Waals surface area contributed by atoms with Gasteiger partial charge in [-0.05, 0) is 42.7 Å². The van der Waals surface area contributed by atoms with Crippen LogP contribution in [0.3, 0.4) is 0 Å². The van der Waals surface area contributed by atoms with Gasteiger partial charge >= 0.3 is 0 Å². The highest BCUT2D eigenvalue weighted by Crippen LogP contribution is 2.27. The molecule has 1 aromatic carbocycles. The molecule has 0 fully saturated rings. The minimum atomic E-state index is 0.244. The van der Waals surface area contributed by atoms with E-state index in [0.717, 1.165) is 23.1 Å². The average Bonchev–Trinajstić information content (AvgIpc) is 2.67. The first-order chi connectivity index (χ1) is 7.69. The first-order valence-electron chi connectivity index (χ1n) is 5.24. The normalized spacial score (nSPS) is 15.1. The van der Waals surface area contributed by atoms with E-state index in [9.17, 15) is 4.79 Å². The van der Waals surface area contributed by atoms with E-state index in [0.29, 0.717) is 6.42 Å². The topological polar surface area (TPSA) is 26.3 Å². The van der Waals surface area contributed by atoms with Gasteiger partial charge in [-0.1, -0.05) is 21.5 Å². The zero-order chi connectivity index (χ0) is 11.5. The molecule has 0 saturated heterocycles. The number of hydrogen-bond donors (Lipinski definition) is 0. The van der Waals surface area contributed by atoms with Gasteiger partial charge in [-0.3, -0.25) is 4.79 Å². The highest BCUT2D eigenvalue weighted by molar-refractivity contribution is 9.10. The predicted octanol–water partition coefficient (Wildman–Crippen LogP) is 3.29. The van der Waals surface area contributed by atoms with E-state index >= 15 is 0 Å². The van der Waals surface area contributed by atoms with Gasteiger partial charge in [-0.2, -0.15) is 0 Å². The summed E-state index contributed by atoms with van der Waals surface area (Å²) in [6, 6.07) is 5.90. The number of hydrogen-bond acceptors (Lipinski definition) is 2. The SMILES string of the molecule is COc1ccc(Br)c(CC2=CC(=O)CC2)c1. The fourth-order valence-corrected chi connectivity index (χ4v) is 2.24. The lowest BCUT2D eigenvalue weighted by atomic mass is 10.0. The Labute approximate surface area is 103 Å². The van der Waals surface area contributed by atoms with Crippen LogP contribution in [0.4, 0.5) is 0 Å². The molecule has 0 saturated carbocycles. The van der Waals surface area contributed by atoms with Gasteiger partial charge in [0.1, 0.15) is 5.75 Å². The average molecular weight is 281 g/mol. The minimum absolute atomic E-state index is 0.244. The highest BCUT2D eigenvalue weighted by Gasteiger charge is 2.13. The molecule has 0 aliphatic heterocycles. The molecule has 16 heavy (non-hydrogen) atoms. The molecule has 84 valence electrons. The number of carbonyl (C=O) groups excluding carboxylic acids is 1. The Morgan fingerprint density at radius 2 is 2.19 bits per heavy atom. The molecule has 0 N–H and O–H groups in total. The van der Waals surface area contributed by atoms with E-state index in [1.165, 1.54) is 11.1 Å². The van der Waals surface area contributed by atoms with Crippen molar-refractivity contribution in [1.29, 1.82) is 0 Å². The smallest absolute Gasteiger partial charge is 0.155 e. The molecule has 0 bridgehead atoms. The van der Waals surface area contributed by atoms with Crippen LogP contribution in [0, 0.1) is 0 Å². The third-order valence-corrected chi connectivity index (χ3v) is 3.50. The molecular weight excluding hydrogens is 268 g/mol. The third-order valence-electron chi connectivity index (χ3n) is 2.73. The van der Waals surface area contributed by atoms with Crippen molar-refractivity contribution in [3.05, 3.63) is 39.9 Å². The monoisotopic (exact) mass is 280 g/mol. The summed E-state index contributed by atoms with van der Waals surface area (Å²) < 4.78 is 6.25. The van der Waals surface area contributed by atoms with Gasteiger partial charge in [0.15, 0.2) is 5.78 Å². The number of ether oxygens (including phenoxy) is 1. The molecule has 3 heteroatoms. The van der Waals surface area contributed by atoms with Crippen LogP contribution in [0.2, 0.25) is 0 Å². The number of ketones is 1. The van der Waals surface area contributed by atoms with Crippen LogP contribution < -0.4 is 4.74 Å². The van der Waals surface area contributed by atoms with Crippen LogP contribution in [0.1, 0.15) is 18.4 Å². The number of halogens is 1. The predicted molar refractivity (Wildman–Crippen MR) is 66.7 cm³/mol. The number of allylic oxidation sites excluding steroid dienone is 2. The van der Waals surface area contributed by atoms with Crippen molar-refractivity contribution < 1.29 is 9.53 Å². The molecule has 0 radical (unpaired) electrons. The molecule has 0 heterocycles. The molecule has 2 nitrogen and oxygen atoms in total. The Balaban J connectivity index is 2.20. The first kappa shape index (κ1) is 11.4. The van der Waals surface area contributed by atoms with Crippen LogP contribution in [-0.2, 0) is 11.2 Å². The van der Waals surface area contributed by atoms with E-state index in [-0.39, 0.29) is 5.78 Å². The molecule has 0 atom stereocenters. The van der Waals surface area contributed by atoms with Crippen molar-refractivity contribution in [1.82, 2.24) is 0 Å². The molecule has 0 aromatic heterocycles. The first-order valence-corrected chi connectivity index (χ1v) is 6.03. The fraction of sp³-hybridized carbons (Fsp3) is 0.308. The highest BCUT2D eigenvalue weighted by atomic mass is 79.9. The van der Waals surface area contributed by atoms with E-state index < -0.39 is 0 Å². The molecular formula is C13H13BrO2. The van der Waals surface area contributed by atoms with Gasteiger partial charge < -0.3 is 4.74 Å². The van der Waals surface area contributed by atoms with Crippen LogP contribution in [0.5, 0.6) is 5.75 Å². The van der Waals surface area contributed by atoms with E-state index in [4.69, 9.17) is 4.74 Å². The van der Waals surface area contributed by atoms with Crippen molar-refractivity contribution in [3.8, 4) is 5.75 Å². The van der Waals surface area contributed by atoms with Crippen LogP contribution in [0.15, 0.2) is 34.3 Å². The van der Waals surface area contributed by atoms with Crippen molar-refractivity contribution in [3.63, 3.8) is 0 Å². The minimum Gasteiger partial charge on any atom is -0.497 e. The molecule has 1 aromatic rings. The Morgan fingerprint density at radius 3 is 2.81 bits per heavy atom. The summed E-state index contributed by atoms with van der Waals surface area (Å²) in [6.07, 6.45) is 4.15. The summed E-state index contributed by atoms with van der Waals surface area (Å²) >= 11 is 3.51. The second kappa shape index (κ2) is 4.83. The van der Waals surface area contributed by atoms with Crippen LogP contribution >= 0.6 is 15.9 Å². The zero-order valence-electron chi connectivity index (χ0n) is 9.13. The maximum absolute atomic E-state index is 11.1. The Kier molecular flexibility index (Phi) is 3.44. The van der Waals surface area contributed by atoms with Gasteiger partial charge in [0, 0.05) is 10.9 Å². The van der Waals surface area contributed by atoms with Gasteiger partial charge in [0.2, 0.25) is 0 Å². The van der Waals surface area contributed by atoms with E-state index in [1.54, 1.807) is 13.2 Å². The van der Waals surface area contributed by atoms with Gasteiger partial charge in [0.25, 0.3) is 0 Å². The lowest BCUT2D eigenvalue weighted by Gasteiger charge is -2.07. The standard InChI is InChI=1S/C13H13BrO2/c1-16-12-4-5-13(14)10(8-12)6-9-2-3-11(15)7-9/h4-5,7-8H,2-3,6H2,1H3. The Hall–Kier alpha value is -1.09. The van der Waals surface area contributed by atoms with Crippen molar-refractivity contribution in [2.45, 2.75) is 19.3 Å². The van der Waals surface area contributed by atoms with Gasteiger partial charge in [-0.15, -0.1) is 0 Å². The van der Waals surface area contributed by atoms with Crippen LogP contribution in [0.25, 0.3) is 0 Å². The molecule has 1 aliphatic rings. The number of methoxy groups -OCH3 is 1. The van der Waals surface area contributed by atoms with E-state index in [1.807, 2.05) is 18.2 Å². The lowest BCUT2D eigenvalue weighted by molar-refractivity contribution is -0.114. The van der Waals surface area contributed by atoms with Crippen molar-refractivity contribution in [2.24, 2.45) is 0 Å². The largest absolute Gasteiger partial charge is 0.497 e. The number of carbonyl (C=O) groups is 1. The molecule has 1 aliphatic carbocycles. The molecule has 2 rings (SSSR count). The summed E-state index contributed by atoms with van der Waals surface area (Å²) in [6.45, 7) is 0. The zero-order valence-corrected chi connectivity index (χ0v) is 10.7. The summed E-state index contributed by atoms with van der Waals surface area (Å²) in [5, 5.41) is 0. The lowest BCUT2D eigenvalue weighted by Crippen LogP contribution is -1.91. The summed E-state index contributed by atoms with van der Waals surface area (Å²) in [7, 11) is 1.66. The molecule has 0 spiro atoms. The van der Waals surface area contributed by atoms with Gasteiger partial charge in [-0.25, -0.2) is 0 Å². The Bertz CT molecular complexity index is 449. The van der Waals surface area contributed by atoms with E-state index in [2.05, 4.69) is 15.9 Å². The summed E-state index contributed by atoms with van der Waals surface area (Å²) in [5.41, 5.74) is 2.37. The quantitative estimate of drug-likeness (QED) is 0.849. The number of rotatable bonds is 3. The van der Waals surface area contributed by atoms with Crippen LogP contribution in [-0.4, -0.2) is 12.9 Å². The maximum atomic E-state index is 11.1. The second-order valence-electron chi connectivity index (χ2n) is 3.90. The third kappa shape index (κ3) is 2.53.